The lowest BCUT2D eigenvalue weighted by atomic mass is 9.91. The van der Waals surface area contributed by atoms with Crippen molar-refractivity contribution >= 4 is 5.95 Å². The van der Waals surface area contributed by atoms with Crippen LogP contribution < -0.4 is 16.4 Å². The van der Waals surface area contributed by atoms with Crippen LogP contribution in [-0.2, 0) is 0 Å². The van der Waals surface area contributed by atoms with Crippen molar-refractivity contribution in [1.82, 2.24) is 15.3 Å². The zero-order valence-corrected chi connectivity index (χ0v) is 15.2. The Morgan fingerprint density at radius 1 is 0.846 bits per heavy atom. The second-order valence-electron chi connectivity index (χ2n) is 6.38. The highest BCUT2D eigenvalue weighted by molar-refractivity contribution is 5.33. The largest absolute Gasteiger partial charge is 0.326 e. The SMILES string of the molecule is Cc1cc(C)nc(NC(N)NCC(c2ccccc2)c2ccccc2)n1. The van der Waals surface area contributed by atoms with Gasteiger partial charge in [0.25, 0.3) is 0 Å². The molecule has 26 heavy (non-hydrogen) atoms. The van der Waals surface area contributed by atoms with Crippen LogP contribution in [0.2, 0.25) is 0 Å². The first-order valence-electron chi connectivity index (χ1n) is 8.79. The monoisotopic (exact) mass is 347 g/mol. The number of anilines is 1. The molecule has 5 nitrogen and oxygen atoms in total. The molecule has 0 aliphatic heterocycles. The fraction of sp³-hybridized carbons (Fsp3) is 0.238. The zero-order chi connectivity index (χ0) is 18.4. The Labute approximate surface area is 154 Å². The molecule has 0 saturated heterocycles. The Balaban J connectivity index is 1.69. The number of nitrogens with two attached hydrogens (primary N) is 1. The van der Waals surface area contributed by atoms with Gasteiger partial charge in [-0.3, -0.25) is 11.1 Å². The Hall–Kier alpha value is -2.76. The van der Waals surface area contributed by atoms with Gasteiger partial charge in [-0.2, -0.15) is 0 Å². The molecule has 0 amide bonds. The molecule has 4 N–H and O–H groups in total. The highest BCUT2D eigenvalue weighted by Gasteiger charge is 2.15. The molecule has 1 atom stereocenters. The summed E-state index contributed by atoms with van der Waals surface area (Å²) in [6, 6.07) is 22.8. The normalized spacial score (nSPS) is 12.2. The molecule has 3 aromatic rings. The van der Waals surface area contributed by atoms with Gasteiger partial charge in [0.05, 0.1) is 0 Å². The van der Waals surface area contributed by atoms with Gasteiger partial charge in [0.1, 0.15) is 6.29 Å². The highest BCUT2D eigenvalue weighted by Crippen LogP contribution is 2.23. The van der Waals surface area contributed by atoms with Crippen molar-refractivity contribution < 1.29 is 0 Å². The number of aryl methyl sites for hydroxylation is 2. The molecule has 1 aromatic heterocycles. The first-order valence-corrected chi connectivity index (χ1v) is 8.79. The van der Waals surface area contributed by atoms with Gasteiger partial charge in [0.15, 0.2) is 0 Å². The van der Waals surface area contributed by atoms with Crippen LogP contribution in [0.5, 0.6) is 0 Å². The third-order valence-electron chi connectivity index (χ3n) is 4.21. The van der Waals surface area contributed by atoms with E-state index in [9.17, 15) is 0 Å². The predicted molar refractivity (Wildman–Crippen MR) is 106 cm³/mol. The summed E-state index contributed by atoms with van der Waals surface area (Å²) in [5, 5.41) is 6.48. The van der Waals surface area contributed by atoms with Gasteiger partial charge in [0, 0.05) is 23.9 Å². The van der Waals surface area contributed by atoms with Gasteiger partial charge in [-0.1, -0.05) is 60.7 Å². The van der Waals surface area contributed by atoms with Gasteiger partial charge in [-0.15, -0.1) is 0 Å². The molecule has 134 valence electrons. The predicted octanol–water partition coefficient (Wildman–Crippen LogP) is 3.17. The van der Waals surface area contributed by atoms with Crippen molar-refractivity contribution in [2.24, 2.45) is 5.73 Å². The van der Waals surface area contributed by atoms with E-state index in [2.05, 4.69) is 69.1 Å². The first-order chi connectivity index (χ1) is 12.6. The maximum Gasteiger partial charge on any atom is 0.225 e. The van der Waals surface area contributed by atoms with Crippen molar-refractivity contribution in [3.8, 4) is 0 Å². The molecule has 0 aliphatic carbocycles. The summed E-state index contributed by atoms with van der Waals surface area (Å²) in [5.41, 5.74) is 10.5. The van der Waals surface area contributed by atoms with Crippen molar-refractivity contribution in [2.45, 2.75) is 26.1 Å². The minimum Gasteiger partial charge on any atom is -0.326 e. The third-order valence-corrected chi connectivity index (χ3v) is 4.21. The van der Waals surface area contributed by atoms with Crippen LogP contribution in [0.25, 0.3) is 0 Å². The molecule has 0 radical (unpaired) electrons. The topological polar surface area (TPSA) is 75.9 Å². The summed E-state index contributed by atoms with van der Waals surface area (Å²) in [5.74, 6) is 0.754. The molecule has 5 heteroatoms. The van der Waals surface area contributed by atoms with Crippen LogP contribution in [0.1, 0.15) is 28.4 Å². The van der Waals surface area contributed by atoms with Crippen molar-refractivity contribution in [3.05, 3.63) is 89.2 Å². The van der Waals surface area contributed by atoms with Crippen LogP contribution in [0.15, 0.2) is 66.7 Å². The average Bonchev–Trinajstić information content (AvgIpc) is 2.63. The zero-order valence-electron chi connectivity index (χ0n) is 15.2. The minimum absolute atomic E-state index is 0.213. The number of hydrogen-bond acceptors (Lipinski definition) is 5. The van der Waals surface area contributed by atoms with E-state index >= 15 is 0 Å². The Bertz CT molecular complexity index is 761. The second-order valence-corrected chi connectivity index (χ2v) is 6.38. The molecule has 3 rings (SSSR count). The number of nitrogens with one attached hydrogen (secondary N) is 2. The molecule has 0 saturated carbocycles. The molecular weight excluding hydrogens is 322 g/mol. The van der Waals surface area contributed by atoms with Crippen molar-refractivity contribution in [3.63, 3.8) is 0 Å². The lowest BCUT2D eigenvalue weighted by Gasteiger charge is -2.22. The lowest BCUT2D eigenvalue weighted by Crippen LogP contribution is -2.46. The van der Waals surface area contributed by atoms with E-state index in [-0.39, 0.29) is 5.92 Å². The van der Waals surface area contributed by atoms with E-state index < -0.39 is 6.29 Å². The summed E-state index contributed by atoms with van der Waals surface area (Å²) in [4.78, 5) is 8.75. The summed E-state index contributed by atoms with van der Waals surface area (Å²) >= 11 is 0. The van der Waals surface area contributed by atoms with E-state index in [0.29, 0.717) is 12.5 Å². The Morgan fingerprint density at radius 3 is 1.85 bits per heavy atom. The number of rotatable bonds is 7. The second kappa shape index (κ2) is 8.56. The molecule has 0 bridgehead atoms. The molecule has 0 aliphatic rings. The maximum absolute atomic E-state index is 6.21. The number of hydrogen-bond donors (Lipinski definition) is 3. The van der Waals surface area contributed by atoms with Crippen LogP contribution in [0, 0.1) is 13.8 Å². The van der Waals surface area contributed by atoms with E-state index in [1.165, 1.54) is 11.1 Å². The Morgan fingerprint density at radius 2 is 1.35 bits per heavy atom. The first kappa shape index (κ1) is 18.0. The van der Waals surface area contributed by atoms with Crippen molar-refractivity contribution in [1.29, 1.82) is 0 Å². The fourth-order valence-corrected chi connectivity index (χ4v) is 3.02. The minimum atomic E-state index is -0.439. The van der Waals surface area contributed by atoms with E-state index in [1.54, 1.807) is 0 Å². The van der Waals surface area contributed by atoms with Gasteiger partial charge in [-0.25, -0.2) is 9.97 Å². The van der Waals surface area contributed by atoms with E-state index in [1.807, 2.05) is 32.0 Å². The number of aromatic nitrogens is 2. The van der Waals surface area contributed by atoms with E-state index in [4.69, 9.17) is 5.73 Å². The standard InChI is InChI=1S/C21H25N5/c1-15-13-16(2)25-21(24-15)26-20(22)23-14-19(17-9-5-3-6-10-17)18-11-7-4-8-12-18/h3-13,19-20,23H,14,22H2,1-2H3,(H,24,25,26). The van der Waals surface area contributed by atoms with Gasteiger partial charge in [0.2, 0.25) is 5.95 Å². The van der Waals surface area contributed by atoms with Crippen LogP contribution in [0.4, 0.5) is 5.95 Å². The summed E-state index contributed by atoms with van der Waals surface area (Å²) in [6.07, 6.45) is -0.439. The van der Waals surface area contributed by atoms with Crippen LogP contribution in [-0.4, -0.2) is 22.8 Å². The quantitative estimate of drug-likeness (QED) is 0.572. The number of nitrogens with zero attached hydrogens (tertiary/aromatic N) is 2. The van der Waals surface area contributed by atoms with Gasteiger partial charge < -0.3 is 5.32 Å². The summed E-state index contributed by atoms with van der Waals surface area (Å²) < 4.78 is 0. The molecule has 1 unspecified atom stereocenters. The molecule has 1 heterocycles. The number of benzene rings is 2. The summed E-state index contributed by atoms with van der Waals surface area (Å²) in [7, 11) is 0. The average molecular weight is 347 g/mol. The van der Waals surface area contributed by atoms with Crippen LogP contribution >= 0.6 is 0 Å². The highest BCUT2D eigenvalue weighted by atomic mass is 15.3. The molecule has 2 aromatic carbocycles. The molecular formula is C21H25N5. The summed E-state index contributed by atoms with van der Waals surface area (Å²) in [6.45, 7) is 4.59. The van der Waals surface area contributed by atoms with E-state index in [0.717, 1.165) is 11.4 Å². The maximum atomic E-state index is 6.21. The smallest absolute Gasteiger partial charge is 0.225 e. The molecule has 0 fully saturated rings. The molecule has 0 spiro atoms. The van der Waals surface area contributed by atoms with Gasteiger partial charge in [-0.05, 0) is 31.0 Å². The Kier molecular flexibility index (Phi) is 5.94. The lowest BCUT2D eigenvalue weighted by molar-refractivity contribution is 0.550. The van der Waals surface area contributed by atoms with Crippen LogP contribution in [0.3, 0.4) is 0 Å². The fourth-order valence-electron chi connectivity index (χ4n) is 3.02. The van der Waals surface area contributed by atoms with Gasteiger partial charge >= 0.3 is 0 Å². The van der Waals surface area contributed by atoms with Crippen molar-refractivity contribution in [2.75, 3.05) is 11.9 Å². The third kappa shape index (κ3) is 4.88.